The zero-order valence-corrected chi connectivity index (χ0v) is 13.9. The summed E-state index contributed by atoms with van der Waals surface area (Å²) >= 11 is 0. The molecule has 1 aliphatic carbocycles. The third-order valence-electron chi connectivity index (χ3n) is 4.25. The summed E-state index contributed by atoms with van der Waals surface area (Å²) in [6.45, 7) is 2.18. The molecule has 2 amide bonds. The topological polar surface area (TPSA) is 40.6 Å². The van der Waals surface area contributed by atoms with Crippen molar-refractivity contribution in [2.45, 2.75) is 32.4 Å². The SMILES string of the molecule is CC(=O)N(CC(=O)N(Cc1ccccc1)c1ccccc1)C1CC1. The molecule has 0 spiro atoms. The van der Waals surface area contributed by atoms with Gasteiger partial charge in [0.15, 0.2) is 0 Å². The van der Waals surface area contributed by atoms with Gasteiger partial charge in [-0.2, -0.15) is 0 Å². The van der Waals surface area contributed by atoms with Gasteiger partial charge in [0.1, 0.15) is 6.54 Å². The summed E-state index contributed by atoms with van der Waals surface area (Å²) in [6, 6.07) is 19.8. The number of benzene rings is 2. The van der Waals surface area contributed by atoms with Crippen LogP contribution in [0.1, 0.15) is 25.3 Å². The van der Waals surface area contributed by atoms with Gasteiger partial charge in [0.05, 0.1) is 6.54 Å². The average Bonchev–Trinajstić information content (AvgIpc) is 3.43. The lowest BCUT2D eigenvalue weighted by Crippen LogP contribution is -2.43. The molecule has 3 rings (SSSR count). The first-order valence-corrected chi connectivity index (χ1v) is 8.31. The molecule has 0 unspecified atom stereocenters. The molecule has 0 saturated heterocycles. The zero-order chi connectivity index (χ0) is 16.9. The van der Waals surface area contributed by atoms with Crippen molar-refractivity contribution < 1.29 is 9.59 Å². The fourth-order valence-electron chi connectivity index (χ4n) is 2.81. The fraction of sp³-hybridized carbons (Fsp3) is 0.300. The van der Waals surface area contributed by atoms with Gasteiger partial charge in [-0.3, -0.25) is 9.59 Å². The van der Waals surface area contributed by atoms with E-state index >= 15 is 0 Å². The summed E-state index contributed by atoms with van der Waals surface area (Å²) in [7, 11) is 0. The van der Waals surface area contributed by atoms with Crippen molar-refractivity contribution >= 4 is 17.5 Å². The van der Waals surface area contributed by atoms with Crippen LogP contribution >= 0.6 is 0 Å². The van der Waals surface area contributed by atoms with Gasteiger partial charge < -0.3 is 9.80 Å². The van der Waals surface area contributed by atoms with Crippen LogP contribution in [0.3, 0.4) is 0 Å². The van der Waals surface area contributed by atoms with Crippen molar-refractivity contribution in [3.63, 3.8) is 0 Å². The Morgan fingerprint density at radius 2 is 1.54 bits per heavy atom. The normalized spacial score (nSPS) is 13.4. The van der Waals surface area contributed by atoms with Gasteiger partial charge in [0, 0.05) is 18.7 Å². The quantitative estimate of drug-likeness (QED) is 0.819. The van der Waals surface area contributed by atoms with Crippen LogP contribution in [0.4, 0.5) is 5.69 Å². The first kappa shape index (κ1) is 16.2. The van der Waals surface area contributed by atoms with Crippen LogP contribution in [0.2, 0.25) is 0 Å². The summed E-state index contributed by atoms with van der Waals surface area (Å²) in [5, 5.41) is 0. The number of para-hydroxylation sites is 1. The smallest absolute Gasteiger partial charge is 0.246 e. The van der Waals surface area contributed by atoms with Crippen LogP contribution in [-0.4, -0.2) is 29.3 Å². The molecule has 4 nitrogen and oxygen atoms in total. The number of anilines is 1. The van der Waals surface area contributed by atoms with Crippen molar-refractivity contribution in [3.05, 3.63) is 66.2 Å². The van der Waals surface area contributed by atoms with Crippen LogP contribution in [-0.2, 0) is 16.1 Å². The van der Waals surface area contributed by atoms with E-state index < -0.39 is 0 Å². The van der Waals surface area contributed by atoms with Crippen LogP contribution in [0, 0.1) is 0 Å². The summed E-state index contributed by atoms with van der Waals surface area (Å²) in [6.07, 6.45) is 1.99. The standard InChI is InChI=1S/C20H22N2O2/c1-16(23)21(19-12-13-19)15-20(24)22(18-10-6-3-7-11-18)14-17-8-4-2-5-9-17/h2-11,19H,12-15H2,1H3. The molecular formula is C20H22N2O2. The lowest BCUT2D eigenvalue weighted by Gasteiger charge is -2.27. The number of nitrogens with zero attached hydrogens (tertiary/aromatic N) is 2. The van der Waals surface area contributed by atoms with Crippen molar-refractivity contribution in [1.82, 2.24) is 4.90 Å². The number of rotatable bonds is 6. The van der Waals surface area contributed by atoms with E-state index in [1.54, 1.807) is 9.80 Å². The Balaban J connectivity index is 1.81. The Labute approximate surface area is 142 Å². The molecule has 0 radical (unpaired) electrons. The largest absolute Gasteiger partial charge is 0.331 e. The Morgan fingerprint density at radius 3 is 2.08 bits per heavy atom. The molecule has 0 atom stereocenters. The number of carbonyl (C=O) groups excluding carboxylic acids is 2. The number of hydrogen-bond donors (Lipinski definition) is 0. The van der Waals surface area contributed by atoms with E-state index in [1.807, 2.05) is 60.7 Å². The van der Waals surface area contributed by atoms with Gasteiger partial charge in [-0.25, -0.2) is 0 Å². The van der Waals surface area contributed by atoms with Crippen LogP contribution in [0.5, 0.6) is 0 Å². The molecule has 1 fully saturated rings. The van der Waals surface area contributed by atoms with E-state index in [4.69, 9.17) is 0 Å². The highest BCUT2D eigenvalue weighted by Gasteiger charge is 2.33. The van der Waals surface area contributed by atoms with Crippen LogP contribution < -0.4 is 4.90 Å². The predicted molar refractivity (Wildman–Crippen MR) is 94.5 cm³/mol. The maximum Gasteiger partial charge on any atom is 0.246 e. The summed E-state index contributed by atoms with van der Waals surface area (Å²) in [4.78, 5) is 28.2. The second-order valence-corrected chi connectivity index (χ2v) is 6.18. The second-order valence-electron chi connectivity index (χ2n) is 6.18. The van der Waals surface area contributed by atoms with Gasteiger partial charge in [0.25, 0.3) is 0 Å². The molecule has 0 N–H and O–H groups in total. The first-order chi connectivity index (χ1) is 11.6. The maximum absolute atomic E-state index is 12.9. The minimum atomic E-state index is -0.0489. The molecule has 1 saturated carbocycles. The molecule has 124 valence electrons. The molecule has 0 aliphatic heterocycles. The predicted octanol–water partition coefficient (Wildman–Crippen LogP) is 3.23. The number of hydrogen-bond acceptors (Lipinski definition) is 2. The monoisotopic (exact) mass is 322 g/mol. The van der Waals surface area contributed by atoms with Gasteiger partial charge >= 0.3 is 0 Å². The maximum atomic E-state index is 12.9. The second kappa shape index (κ2) is 7.30. The summed E-state index contributed by atoms with van der Waals surface area (Å²) < 4.78 is 0. The van der Waals surface area contributed by atoms with E-state index in [2.05, 4.69) is 0 Å². The fourth-order valence-corrected chi connectivity index (χ4v) is 2.81. The summed E-state index contributed by atoms with van der Waals surface area (Å²) in [5.74, 6) is -0.0780. The molecule has 0 bridgehead atoms. The van der Waals surface area contributed by atoms with E-state index in [9.17, 15) is 9.59 Å². The van der Waals surface area contributed by atoms with Gasteiger partial charge in [-0.1, -0.05) is 48.5 Å². The lowest BCUT2D eigenvalue weighted by molar-refractivity contribution is -0.134. The zero-order valence-electron chi connectivity index (χ0n) is 13.9. The third kappa shape index (κ3) is 4.02. The van der Waals surface area contributed by atoms with Crippen LogP contribution in [0.15, 0.2) is 60.7 Å². The van der Waals surface area contributed by atoms with Gasteiger partial charge in [-0.05, 0) is 30.5 Å². The minimum absolute atomic E-state index is 0.0291. The van der Waals surface area contributed by atoms with E-state index in [0.717, 1.165) is 24.1 Å². The van der Waals surface area contributed by atoms with E-state index in [1.165, 1.54) is 6.92 Å². The number of amides is 2. The molecular weight excluding hydrogens is 300 g/mol. The highest BCUT2D eigenvalue weighted by atomic mass is 16.2. The minimum Gasteiger partial charge on any atom is -0.331 e. The summed E-state index contributed by atoms with van der Waals surface area (Å²) in [5.41, 5.74) is 1.92. The molecule has 24 heavy (non-hydrogen) atoms. The molecule has 2 aromatic rings. The average molecular weight is 322 g/mol. The lowest BCUT2D eigenvalue weighted by atomic mass is 10.2. The van der Waals surface area contributed by atoms with E-state index in [0.29, 0.717) is 6.54 Å². The van der Waals surface area contributed by atoms with Crippen molar-refractivity contribution in [2.24, 2.45) is 0 Å². The molecule has 0 heterocycles. The van der Waals surface area contributed by atoms with Crippen LogP contribution in [0.25, 0.3) is 0 Å². The highest BCUT2D eigenvalue weighted by Crippen LogP contribution is 2.27. The van der Waals surface area contributed by atoms with Crippen molar-refractivity contribution in [3.8, 4) is 0 Å². The Bertz CT molecular complexity index is 696. The Kier molecular flexibility index (Phi) is 4.94. The van der Waals surface area contributed by atoms with Crippen molar-refractivity contribution in [2.75, 3.05) is 11.4 Å². The van der Waals surface area contributed by atoms with Gasteiger partial charge in [-0.15, -0.1) is 0 Å². The molecule has 0 aromatic heterocycles. The first-order valence-electron chi connectivity index (χ1n) is 8.31. The van der Waals surface area contributed by atoms with Crippen molar-refractivity contribution in [1.29, 1.82) is 0 Å². The molecule has 2 aromatic carbocycles. The number of carbonyl (C=O) groups is 2. The Hall–Kier alpha value is -2.62. The highest BCUT2D eigenvalue weighted by molar-refractivity contribution is 5.96. The molecule has 4 heteroatoms. The van der Waals surface area contributed by atoms with E-state index in [-0.39, 0.29) is 24.4 Å². The Morgan fingerprint density at radius 1 is 0.958 bits per heavy atom. The third-order valence-corrected chi connectivity index (χ3v) is 4.25. The van der Waals surface area contributed by atoms with Gasteiger partial charge in [0.2, 0.25) is 11.8 Å². The molecule has 1 aliphatic rings.